The molecule has 2 N–H and O–H groups in total. The van der Waals surface area contributed by atoms with Gasteiger partial charge in [0.1, 0.15) is 11.5 Å². The summed E-state index contributed by atoms with van der Waals surface area (Å²) in [5.41, 5.74) is 2.50. The molecule has 1 heterocycles. The van der Waals surface area contributed by atoms with Crippen LogP contribution in [0.1, 0.15) is 5.56 Å². The fourth-order valence-electron chi connectivity index (χ4n) is 2.51. The summed E-state index contributed by atoms with van der Waals surface area (Å²) >= 11 is 17.4. The number of thiocarbonyl (C=S) groups is 1. The van der Waals surface area contributed by atoms with Gasteiger partial charge in [-0.1, -0.05) is 29.3 Å². The lowest BCUT2D eigenvalue weighted by Crippen LogP contribution is -2.18. The fraction of sp³-hybridized carbons (Fsp3) is 0.158. The zero-order valence-corrected chi connectivity index (χ0v) is 17.5. The van der Waals surface area contributed by atoms with Crippen molar-refractivity contribution in [1.82, 2.24) is 9.78 Å². The van der Waals surface area contributed by atoms with Crippen LogP contribution >= 0.6 is 35.4 Å². The predicted octanol–water partition coefficient (Wildman–Crippen LogP) is 5.06. The predicted molar refractivity (Wildman–Crippen MR) is 117 cm³/mol. The van der Waals surface area contributed by atoms with Crippen LogP contribution < -0.4 is 20.1 Å². The summed E-state index contributed by atoms with van der Waals surface area (Å²) in [6, 6.07) is 10.9. The highest BCUT2D eigenvalue weighted by Gasteiger charge is 2.06. The first-order chi connectivity index (χ1) is 13.5. The molecule has 9 heteroatoms. The molecule has 0 spiro atoms. The van der Waals surface area contributed by atoms with Gasteiger partial charge >= 0.3 is 0 Å². The van der Waals surface area contributed by atoms with E-state index < -0.39 is 0 Å². The van der Waals surface area contributed by atoms with Gasteiger partial charge in [-0.3, -0.25) is 4.68 Å². The Hall–Kier alpha value is -2.48. The average Bonchev–Trinajstić information content (AvgIpc) is 3.10. The van der Waals surface area contributed by atoms with E-state index >= 15 is 0 Å². The van der Waals surface area contributed by atoms with Gasteiger partial charge in [-0.2, -0.15) is 5.10 Å². The molecule has 146 valence electrons. The zero-order chi connectivity index (χ0) is 20.1. The third kappa shape index (κ3) is 5.28. The Labute approximate surface area is 178 Å². The van der Waals surface area contributed by atoms with Crippen LogP contribution in [0.15, 0.2) is 48.8 Å². The highest BCUT2D eigenvalue weighted by atomic mass is 35.5. The summed E-state index contributed by atoms with van der Waals surface area (Å²) in [5.74, 6) is 1.33. The number of rotatable bonds is 6. The molecular weight excluding hydrogens is 419 g/mol. The van der Waals surface area contributed by atoms with Crippen molar-refractivity contribution in [3.05, 3.63) is 64.4 Å². The van der Waals surface area contributed by atoms with Gasteiger partial charge in [0.05, 0.1) is 42.7 Å². The monoisotopic (exact) mass is 436 g/mol. The van der Waals surface area contributed by atoms with Crippen molar-refractivity contribution >= 4 is 51.9 Å². The standard InChI is InChI=1S/C19H18Cl2N4O2S/c1-26-15-6-13(7-16(8-15)27-2)23-19(28)24-14-9-22-25(11-14)10-12-3-4-17(20)18(21)5-12/h3-9,11H,10H2,1-2H3,(H2,23,24,28). The highest BCUT2D eigenvalue weighted by molar-refractivity contribution is 7.80. The van der Waals surface area contributed by atoms with Crippen LogP contribution in [0.4, 0.5) is 11.4 Å². The lowest BCUT2D eigenvalue weighted by Gasteiger charge is -2.12. The maximum atomic E-state index is 6.06. The lowest BCUT2D eigenvalue weighted by atomic mass is 10.2. The first-order valence-electron chi connectivity index (χ1n) is 8.24. The Morgan fingerprint density at radius 2 is 1.68 bits per heavy atom. The Morgan fingerprint density at radius 1 is 1.00 bits per heavy atom. The number of hydrogen-bond donors (Lipinski definition) is 2. The van der Waals surface area contributed by atoms with Gasteiger partial charge in [0.25, 0.3) is 0 Å². The Balaban J connectivity index is 1.63. The quantitative estimate of drug-likeness (QED) is 0.526. The number of benzene rings is 2. The molecule has 3 aromatic rings. The van der Waals surface area contributed by atoms with E-state index in [0.29, 0.717) is 33.2 Å². The Bertz CT molecular complexity index is 972. The third-order valence-corrected chi connectivity index (χ3v) is 4.77. The fourth-order valence-corrected chi connectivity index (χ4v) is 3.07. The van der Waals surface area contributed by atoms with Gasteiger partial charge in [0.15, 0.2) is 5.11 Å². The van der Waals surface area contributed by atoms with E-state index in [1.54, 1.807) is 37.2 Å². The summed E-state index contributed by atoms with van der Waals surface area (Å²) < 4.78 is 12.3. The molecule has 1 aromatic heterocycles. The van der Waals surface area contributed by atoms with Crippen LogP contribution in [0, 0.1) is 0 Å². The van der Waals surface area contributed by atoms with Crippen LogP contribution in [0.5, 0.6) is 11.5 Å². The van der Waals surface area contributed by atoms with Gasteiger partial charge in [0.2, 0.25) is 0 Å². The van der Waals surface area contributed by atoms with Crippen molar-refractivity contribution < 1.29 is 9.47 Å². The van der Waals surface area contributed by atoms with Crippen molar-refractivity contribution in [2.75, 3.05) is 24.9 Å². The van der Waals surface area contributed by atoms with Crippen molar-refractivity contribution in [3.63, 3.8) is 0 Å². The molecule has 0 saturated carbocycles. The number of halogens is 2. The number of nitrogens with zero attached hydrogens (tertiary/aromatic N) is 2. The minimum Gasteiger partial charge on any atom is -0.497 e. The molecule has 0 fully saturated rings. The first-order valence-corrected chi connectivity index (χ1v) is 9.40. The number of hydrogen-bond acceptors (Lipinski definition) is 4. The topological polar surface area (TPSA) is 60.3 Å². The summed E-state index contributed by atoms with van der Waals surface area (Å²) in [4.78, 5) is 0. The van der Waals surface area contributed by atoms with E-state index in [4.69, 9.17) is 44.9 Å². The zero-order valence-electron chi connectivity index (χ0n) is 15.2. The Kier molecular flexibility index (Phi) is 6.61. The molecule has 0 bridgehead atoms. The first kappa shape index (κ1) is 20.3. The number of aromatic nitrogens is 2. The molecule has 28 heavy (non-hydrogen) atoms. The lowest BCUT2D eigenvalue weighted by molar-refractivity contribution is 0.395. The largest absolute Gasteiger partial charge is 0.497 e. The van der Waals surface area contributed by atoms with Crippen LogP contribution in [-0.4, -0.2) is 29.1 Å². The van der Waals surface area contributed by atoms with E-state index in [-0.39, 0.29) is 0 Å². The minimum atomic E-state index is 0.421. The molecule has 0 aliphatic rings. The van der Waals surface area contributed by atoms with Crippen molar-refractivity contribution in [1.29, 1.82) is 0 Å². The molecule has 2 aromatic carbocycles. The second kappa shape index (κ2) is 9.14. The van der Waals surface area contributed by atoms with Crippen LogP contribution in [-0.2, 0) is 6.54 Å². The molecule has 0 amide bonds. The number of methoxy groups -OCH3 is 2. The van der Waals surface area contributed by atoms with Crippen molar-refractivity contribution in [3.8, 4) is 11.5 Å². The summed E-state index contributed by atoms with van der Waals surface area (Å²) in [7, 11) is 3.19. The normalized spacial score (nSPS) is 10.4. The molecule has 0 atom stereocenters. The summed E-state index contributed by atoms with van der Waals surface area (Å²) in [5, 5.41) is 12.0. The van der Waals surface area contributed by atoms with E-state index in [1.165, 1.54) is 0 Å². The molecule has 3 rings (SSSR count). The number of anilines is 2. The van der Waals surface area contributed by atoms with Crippen LogP contribution in [0.25, 0.3) is 0 Å². The van der Waals surface area contributed by atoms with Crippen LogP contribution in [0.3, 0.4) is 0 Å². The summed E-state index contributed by atoms with van der Waals surface area (Å²) in [6.07, 6.45) is 3.54. The second-order valence-corrected chi connectivity index (χ2v) is 7.08. The molecule has 0 saturated heterocycles. The number of ether oxygens (including phenoxy) is 2. The SMILES string of the molecule is COc1cc(NC(=S)Nc2cnn(Cc3ccc(Cl)c(Cl)c3)c2)cc(OC)c1. The highest BCUT2D eigenvalue weighted by Crippen LogP contribution is 2.26. The molecular formula is C19H18Cl2N4O2S. The minimum absolute atomic E-state index is 0.421. The van der Waals surface area contributed by atoms with Gasteiger partial charge < -0.3 is 20.1 Å². The molecule has 6 nitrogen and oxygen atoms in total. The number of nitrogens with one attached hydrogen (secondary N) is 2. The second-order valence-electron chi connectivity index (χ2n) is 5.86. The van der Waals surface area contributed by atoms with E-state index in [2.05, 4.69) is 15.7 Å². The summed E-state index contributed by atoms with van der Waals surface area (Å²) in [6.45, 7) is 0.561. The molecule has 0 aliphatic heterocycles. The van der Waals surface area contributed by atoms with E-state index in [9.17, 15) is 0 Å². The third-order valence-electron chi connectivity index (χ3n) is 3.83. The van der Waals surface area contributed by atoms with Gasteiger partial charge in [-0.25, -0.2) is 0 Å². The maximum Gasteiger partial charge on any atom is 0.175 e. The van der Waals surface area contributed by atoms with Gasteiger partial charge in [-0.15, -0.1) is 0 Å². The molecule has 0 radical (unpaired) electrons. The van der Waals surface area contributed by atoms with E-state index in [1.807, 2.05) is 30.5 Å². The van der Waals surface area contributed by atoms with Gasteiger partial charge in [-0.05, 0) is 29.9 Å². The maximum absolute atomic E-state index is 6.06. The van der Waals surface area contributed by atoms with E-state index in [0.717, 1.165) is 16.9 Å². The van der Waals surface area contributed by atoms with Crippen molar-refractivity contribution in [2.45, 2.75) is 6.54 Å². The smallest absolute Gasteiger partial charge is 0.175 e. The average molecular weight is 437 g/mol. The van der Waals surface area contributed by atoms with Gasteiger partial charge in [0, 0.05) is 30.1 Å². The Morgan fingerprint density at radius 3 is 2.32 bits per heavy atom. The molecule has 0 unspecified atom stereocenters. The molecule has 0 aliphatic carbocycles. The van der Waals surface area contributed by atoms with Crippen LogP contribution in [0.2, 0.25) is 10.0 Å². The van der Waals surface area contributed by atoms with Crippen molar-refractivity contribution in [2.24, 2.45) is 0 Å².